The SMILES string of the molecule is COc1ccc(NC(=O)/C(C#N)=N\Nc2cccc(C(=O)O)c2)cc1Cl. The van der Waals surface area contributed by atoms with Crippen molar-refractivity contribution in [1.29, 1.82) is 5.26 Å². The normalized spacial score (nSPS) is 10.6. The summed E-state index contributed by atoms with van der Waals surface area (Å²) in [5.41, 5.74) is 2.75. The molecule has 0 saturated heterocycles. The molecule has 9 heteroatoms. The molecule has 0 radical (unpaired) electrons. The molecule has 2 aromatic rings. The first kappa shape index (κ1) is 18.8. The summed E-state index contributed by atoms with van der Waals surface area (Å²) >= 11 is 5.98. The number of carboxylic acids is 1. The van der Waals surface area contributed by atoms with E-state index in [0.717, 1.165) is 0 Å². The number of anilines is 2. The van der Waals surface area contributed by atoms with Crippen LogP contribution in [-0.4, -0.2) is 29.8 Å². The van der Waals surface area contributed by atoms with Crippen LogP contribution in [0, 0.1) is 11.3 Å². The van der Waals surface area contributed by atoms with Crippen LogP contribution in [0.5, 0.6) is 5.75 Å². The van der Waals surface area contributed by atoms with Gasteiger partial charge in [0.2, 0.25) is 5.71 Å². The van der Waals surface area contributed by atoms with E-state index in [-0.39, 0.29) is 5.56 Å². The Morgan fingerprint density at radius 2 is 2.00 bits per heavy atom. The number of carbonyl (C=O) groups excluding carboxylic acids is 1. The zero-order valence-electron chi connectivity index (χ0n) is 13.5. The van der Waals surface area contributed by atoms with Crippen molar-refractivity contribution in [3.8, 4) is 11.8 Å². The van der Waals surface area contributed by atoms with Crippen LogP contribution in [0.3, 0.4) is 0 Å². The van der Waals surface area contributed by atoms with Crippen LogP contribution in [-0.2, 0) is 4.79 Å². The number of nitrogens with zero attached hydrogens (tertiary/aromatic N) is 2. The summed E-state index contributed by atoms with van der Waals surface area (Å²) in [7, 11) is 1.46. The standard InChI is InChI=1S/C17H13ClN4O4/c1-26-15-6-5-11(8-13(15)18)20-16(23)14(9-19)22-21-12-4-2-3-10(7-12)17(24)25/h2-8,21H,1H3,(H,20,23)(H,24,25)/b22-14-. The zero-order chi connectivity index (χ0) is 19.1. The van der Waals surface area contributed by atoms with E-state index in [4.69, 9.17) is 26.7 Å². The van der Waals surface area contributed by atoms with Gasteiger partial charge in [0, 0.05) is 5.69 Å². The van der Waals surface area contributed by atoms with Crippen molar-refractivity contribution in [1.82, 2.24) is 0 Å². The quantitative estimate of drug-likeness (QED) is 0.529. The third-order valence-electron chi connectivity index (χ3n) is 3.14. The third-order valence-corrected chi connectivity index (χ3v) is 3.43. The molecule has 0 aliphatic heterocycles. The first-order valence-electron chi connectivity index (χ1n) is 7.16. The number of hydrazone groups is 1. The van der Waals surface area contributed by atoms with E-state index < -0.39 is 17.6 Å². The summed E-state index contributed by atoms with van der Waals surface area (Å²) < 4.78 is 5.02. The molecule has 0 saturated carbocycles. The fourth-order valence-electron chi connectivity index (χ4n) is 1.90. The van der Waals surface area contributed by atoms with Crippen molar-refractivity contribution >= 4 is 40.6 Å². The molecule has 8 nitrogen and oxygen atoms in total. The average Bonchev–Trinajstić information content (AvgIpc) is 2.62. The summed E-state index contributed by atoms with van der Waals surface area (Å²) in [5.74, 6) is -1.42. The molecule has 0 aromatic heterocycles. The fourth-order valence-corrected chi connectivity index (χ4v) is 2.16. The molecule has 0 bridgehead atoms. The highest BCUT2D eigenvalue weighted by molar-refractivity contribution is 6.48. The summed E-state index contributed by atoms with van der Waals surface area (Å²) in [5, 5.41) is 24.5. The highest BCUT2D eigenvalue weighted by Gasteiger charge is 2.13. The van der Waals surface area contributed by atoms with E-state index in [1.54, 1.807) is 24.3 Å². The van der Waals surface area contributed by atoms with Gasteiger partial charge in [-0.1, -0.05) is 17.7 Å². The van der Waals surface area contributed by atoms with Gasteiger partial charge < -0.3 is 15.2 Å². The Labute approximate surface area is 153 Å². The second-order valence-electron chi connectivity index (χ2n) is 4.87. The number of halogens is 1. The summed E-state index contributed by atoms with van der Waals surface area (Å²) in [6.07, 6.45) is 0. The van der Waals surface area contributed by atoms with Crippen molar-refractivity contribution in [2.45, 2.75) is 0 Å². The number of ether oxygens (including phenoxy) is 1. The molecular formula is C17H13ClN4O4. The van der Waals surface area contributed by atoms with Gasteiger partial charge in [0.1, 0.15) is 11.8 Å². The minimum Gasteiger partial charge on any atom is -0.495 e. The molecule has 0 heterocycles. The van der Waals surface area contributed by atoms with Gasteiger partial charge in [-0.15, -0.1) is 0 Å². The number of hydrogen-bond acceptors (Lipinski definition) is 6. The largest absolute Gasteiger partial charge is 0.495 e. The lowest BCUT2D eigenvalue weighted by atomic mass is 10.2. The predicted molar refractivity (Wildman–Crippen MR) is 96.7 cm³/mol. The van der Waals surface area contributed by atoms with Crippen molar-refractivity contribution in [2.75, 3.05) is 17.9 Å². The number of methoxy groups -OCH3 is 1. The minimum atomic E-state index is -1.10. The number of hydrogen-bond donors (Lipinski definition) is 3. The third kappa shape index (κ3) is 4.72. The number of rotatable bonds is 6. The monoisotopic (exact) mass is 372 g/mol. The van der Waals surface area contributed by atoms with Crippen LogP contribution in [0.25, 0.3) is 0 Å². The lowest BCUT2D eigenvalue weighted by molar-refractivity contribution is -0.110. The predicted octanol–water partition coefficient (Wildman–Crippen LogP) is 2.98. The van der Waals surface area contributed by atoms with Gasteiger partial charge in [-0.2, -0.15) is 10.4 Å². The Hall–Kier alpha value is -3.57. The van der Waals surface area contributed by atoms with E-state index in [1.807, 2.05) is 0 Å². The van der Waals surface area contributed by atoms with Crippen molar-refractivity contribution < 1.29 is 19.4 Å². The molecule has 0 spiro atoms. The maximum atomic E-state index is 12.1. The number of nitriles is 1. The maximum Gasteiger partial charge on any atom is 0.335 e. The second-order valence-corrected chi connectivity index (χ2v) is 5.28. The number of nitrogens with one attached hydrogen (secondary N) is 2. The molecule has 0 unspecified atom stereocenters. The van der Waals surface area contributed by atoms with Crippen LogP contribution in [0.1, 0.15) is 10.4 Å². The maximum absolute atomic E-state index is 12.1. The molecule has 0 aliphatic carbocycles. The van der Waals surface area contributed by atoms with Crippen molar-refractivity contribution in [3.63, 3.8) is 0 Å². The Morgan fingerprint density at radius 1 is 1.23 bits per heavy atom. The van der Waals surface area contributed by atoms with Crippen molar-refractivity contribution in [3.05, 3.63) is 53.1 Å². The van der Waals surface area contributed by atoms with Gasteiger partial charge >= 0.3 is 5.97 Å². The minimum absolute atomic E-state index is 0.0426. The number of carbonyl (C=O) groups is 2. The van der Waals surface area contributed by atoms with Crippen LogP contribution in [0.15, 0.2) is 47.6 Å². The Morgan fingerprint density at radius 3 is 2.62 bits per heavy atom. The summed E-state index contributed by atoms with van der Waals surface area (Å²) in [6.45, 7) is 0. The second kappa shape index (κ2) is 8.50. The number of benzene rings is 2. The number of amides is 1. The highest BCUT2D eigenvalue weighted by atomic mass is 35.5. The summed E-state index contributed by atoms with van der Waals surface area (Å²) in [4.78, 5) is 23.1. The van der Waals surface area contributed by atoms with Crippen LogP contribution in [0.2, 0.25) is 5.02 Å². The molecule has 3 N–H and O–H groups in total. The van der Waals surface area contributed by atoms with Gasteiger partial charge in [-0.3, -0.25) is 10.2 Å². The lowest BCUT2D eigenvalue weighted by Gasteiger charge is -2.07. The van der Waals surface area contributed by atoms with E-state index in [1.165, 1.54) is 31.4 Å². The molecule has 26 heavy (non-hydrogen) atoms. The average molecular weight is 373 g/mol. The molecule has 0 atom stereocenters. The molecule has 0 aliphatic rings. The first-order valence-corrected chi connectivity index (χ1v) is 7.54. The van der Waals surface area contributed by atoms with Gasteiger partial charge in [-0.05, 0) is 36.4 Å². The molecule has 2 rings (SSSR count). The van der Waals surface area contributed by atoms with E-state index >= 15 is 0 Å². The fraction of sp³-hybridized carbons (Fsp3) is 0.0588. The van der Waals surface area contributed by atoms with Gasteiger partial charge in [0.15, 0.2) is 0 Å². The molecule has 0 fully saturated rings. The van der Waals surface area contributed by atoms with Gasteiger partial charge in [0.05, 0.1) is 23.4 Å². The lowest BCUT2D eigenvalue weighted by Crippen LogP contribution is -2.22. The Balaban J connectivity index is 2.12. The molecule has 132 valence electrons. The topological polar surface area (TPSA) is 124 Å². The molecular weight excluding hydrogens is 360 g/mol. The van der Waals surface area contributed by atoms with E-state index in [2.05, 4.69) is 15.8 Å². The van der Waals surface area contributed by atoms with Gasteiger partial charge in [0.25, 0.3) is 5.91 Å². The van der Waals surface area contributed by atoms with E-state index in [9.17, 15) is 9.59 Å². The molecule has 2 aromatic carbocycles. The highest BCUT2D eigenvalue weighted by Crippen LogP contribution is 2.27. The number of aromatic carboxylic acids is 1. The summed E-state index contributed by atoms with van der Waals surface area (Å²) in [6, 6.07) is 12.0. The van der Waals surface area contributed by atoms with Crippen LogP contribution < -0.4 is 15.5 Å². The number of carboxylic acid groups (broad SMARTS) is 1. The van der Waals surface area contributed by atoms with Crippen molar-refractivity contribution in [2.24, 2.45) is 5.10 Å². The van der Waals surface area contributed by atoms with Crippen LogP contribution >= 0.6 is 11.6 Å². The smallest absolute Gasteiger partial charge is 0.335 e. The zero-order valence-corrected chi connectivity index (χ0v) is 14.2. The van der Waals surface area contributed by atoms with Crippen LogP contribution in [0.4, 0.5) is 11.4 Å². The first-order chi connectivity index (χ1) is 12.4. The van der Waals surface area contributed by atoms with Gasteiger partial charge in [-0.25, -0.2) is 4.79 Å². The van der Waals surface area contributed by atoms with E-state index in [0.29, 0.717) is 22.1 Å². The Kier molecular flexibility index (Phi) is 6.14. The molecule has 1 amide bonds. The Bertz CT molecular complexity index is 921.